The van der Waals surface area contributed by atoms with Gasteiger partial charge in [-0.15, -0.1) is 0 Å². The summed E-state index contributed by atoms with van der Waals surface area (Å²) in [5.74, 6) is -0.238. The number of ether oxygens (including phenoxy) is 1. The highest BCUT2D eigenvalue weighted by Gasteiger charge is 2.38. The van der Waals surface area contributed by atoms with Gasteiger partial charge in [0.15, 0.2) is 0 Å². The Labute approximate surface area is 96.6 Å². The number of carbonyl (C=O) groups is 1. The molecule has 16 heavy (non-hydrogen) atoms. The summed E-state index contributed by atoms with van der Waals surface area (Å²) in [6.07, 6.45) is 2.03. The SMILES string of the molecule is CC[C@H](C)CC[C@H](O)[C@H]1C[C@H](CO)OC1=O. The molecule has 1 heterocycles. The zero-order chi connectivity index (χ0) is 12.1. The van der Waals surface area contributed by atoms with Crippen molar-refractivity contribution in [2.24, 2.45) is 11.8 Å². The number of hydrogen-bond acceptors (Lipinski definition) is 4. The highest BCUT2D eigenvalue weighted by Crippen LogP contribution is 2.27. The van der Waals surface area contributed by atoms with Gasteiger partial charge < -0.3 is 14.9 Å². The third-order valence-corrected chi connectivity index (χ3v) is 3.42. The molecule has 0 radical (unpaired) electrons. The van der Waals surface area contributed by atoms with E-state index in [1.807, 2.05) is 0 Å². The lowest BCUT2D eigenvalue weighted by Crippen LogP contribution is -2.25. The zero-order valence-electron chi connectivity index (χ0n) is 10.1. The first-order valence-corrected chi connectivity index (χ1v) is 6.07. The summed E-state index contributed by atoms with van der Waals surface area (Å²) in [7, 11) is 0. The Morgan fingerprint density at radius 3 is 2.69 bits per heavy atom. The molecule has 1 aliphatic rings. The fourth-order valence-corrected chi connectivity index (χ4v) is 1.97. The molecular weight excluding hydrogens is 208 g/mol. The quantitative estimate of drug-likeness (QED) is 0.670. The van der Waals surface area contributed by atoms with Gasteiger partial charge in [0.25, 0.3) is 0 Å². The first-order chi connectivity index (χ1) is 7.58. The summed E-state index contributed by atoms with van der Waals surface area (Å²) >= 11 is 0. The van der Waals surface area contributed by atoms with Crippen LogP contribution in [0.15, 0.2) is 0 Å². The van der Waals surface area contributed by atoms with Crippen molar-refractivity contribution in [2.75, 3.05) is 6.61 Å². The Morgan fingerprint density at radius 1 is 1.50 bits per heavy atom. The van der Waals surface area contributed by atoms with Gasteiger partial charge in [0, 0.05) is 6.42 Å². The Bertz CT molecular complexity index is 229. The molecule has 0 aliphatic carbocycles. The molecule has 1 rings (SSSR count). The molecule has 1 saturated heterocycles. The van der Waals surface area contributed by atoms with Gasteiger partial charge in [-0.25, -0.2) is 0 Å². The maximum Gasteiger partial charge on any atom is 0.312 e. The van der Waals surface area contributed by atoms with E-state index in [1.54, 1.807) is 0 Å². The summed E-state index contributed by atoms with van der Waals surface area (Å²) < 4.78 is 4.93. The number of carbonyl (C=O) groups excluding carboxylic acids is 1. The molecule has 0 aromatic rings. The van der Waals surface area contributed by atoms with Gasteiger partial charge in [0.1, 0.15) is 6.10 Å². The van der Waals surface area contributed by atoms with Gasteiger partial charge >= 0.3 is 5.97 Å². The van der Waals surface area contributed by atoms with Crippen LogP contribution in [0.4, 0.5) is 0 Å². The van der Waals surface area contributed by atoms with Gasteiger partial charge in [-0.2, -0.15) is 0 Å². The van der Waals surface area contributed by atoms with E-state index < -0.39 is 18.1 Å². The predicted molar refractivity (Wildman–Crippen MR) is 59.8 cm³/mol. The minimum absolute atomic E-state index is 0.152. The molecule has 0 aromatic carbocycles. The van der Waals surface area contributed by atoms with Gasteiger partial charge in [-0.3, -0.25) is 4.79 Å². The Kier molecular flexibility index (Phi) is 5.22. The fraction of sp³-hybridized carbons (Fsp3) is 0.917. The van der Waals surface area contributed by atoms with Gasteiger partial charge in [-0.1, -0.05) is 20.3 Å². The standard InChI is InChI=1S/C12H22O4/c1-3-8(2)4-5-11(14)10-6-9(7-13)16-12(10)15/h8-11,13-14H,3-7H2,1-2H3/t8-,9+,10+,11-/m0/s1. The fourth-order valence-electron chi connectivity index (χ4n) is 1.97. The average Bonchev–Trinajstić information content (AvgIpc) is 2.67. The Hall–Kier alpha value is -0.610. The zero-order valence-corrected chi connectivity index (χ0v) is 10.1. The van der Waals surface area contributed by atoms with Gasteiger partial charge in [0.2, 0.25) is 0 Å². The third-order valence-electron chi connectivity index (χ3n) is 3.42. The van der Waals surface area contributed by atoms with Crippen molar-refractivity contribution < 1.29 is 19.7 Å². The third kappa shape index (κ3) is 3.46. The molecule has 1 aliphatic heterocycles. The van der Waals surface area contributed by atoms with Crippen LogP contribution < -0.4 is 0 Å². The van der Waals surface area contributed by atoms with E-state index in [0.29, 0.717) is 18.8 Å². The highest BCUT2D eigenvalue weighted by molar-refractivity contribution is 5.75. The maximum atomic E-state index is 11.4. The van der Waals surface area contributed by atoms with Gasteiger partial charge in [0.05, 0.1) is 18.6 Å². The number of aliphatic hydroxyl groups excluding tert-OH is 2. The van der Waals surface area contributed by atoms with Crippen LogP contribution in [-0.2, 0) is 9.53 Å². The van der Waals surface area contributed by atoms with Crippen LogP contribution in [0.3, 0.4) is 0 Å². The number of hydrogen-bond donors (Lipinski definition) is 2. The second-order valence-corrected chi connectivity index (χ2v) is 4.74. The van der Waals surface area contributed by atoms with Crippen LogP contribution in [0, 0.1) is 11.8 Å². The van der Waals surface area contributed by atoms with Crippen molar-refractivity contribution in [1.29, 1.82) is 0 Å². The largest absolute Gasteiger partial charge is 0.460 e. The predicted octanol–water partition coefficient (Wildman–Crippen LogP) is 1.10. The molecule has 0 unspecified atom stereocenters. The lowest BCUT2D eigenvalue weighted by molar-refractivity contribution is -0.147. The average molecular weight is 230 g/mol. The van der Waals surface area contributed by atoms with Crippen molar-refractivity contribution in [3.8, 4) is 0 Å². The minimum atomic E-state index is -0.627. The van der Waals surface area contributed by atoms with E-state index in [9.17, 15) is 9.90 Å². The van der Waals surface area contributed by atoms with E-state index in [4.69, 9.17) is 9.84 Å². The number of cyclic esters (lactones) is 1. The van der Waals surface area contributed by atoms with Crippen molar-refractivity contribution in [2.45, 2.75) is 51.7 Å². The smallest absolute Gasteiger partial charge is 0.312 e. The van der Waals surface area contributed by atoms with E-state index in [0.717, 1.165) is 12.8 Å². The Balaban J connectivity index is 2.36. The molecule has 4 nitrogen and oxygen atoms in total. The molecule has 0 spiro atoms. The lowest BCUT2D eigenvalue weighted by atomic mass is 9.92. The Morgan fingerprint density at radius 2 is 2.19 bits per heavy atom. The number of aliphatic hydroxyl groups is 2. The van der Waals surface area contributed by atoms with Crippen molar-refractivity contribution >= 4 is 5.97 Å². The molecule has 94 valence electrons. The molecule has 0 bridgehead atoms. The van der Waals surface area contributed by atoms with Crippen LogP contribution in [0.2, 0.25) is 0 Å². The van der Waals surface area contributed by atoms with E-state index in [-0.39, 0.29) is 12.6 Å². The van der Waals surface area contributed by atoms with E-state index in [1.165, 1.54) is 0 Å². The number of esters is 1. The molecule has 0 saturated carbocycles. The molecule has 0 amide bonds. The number of rotatable bonds is 6. The summed E-state index contributed by atoms with van der Waals surface area (Å²) in [5.41, 5.74) is 0. The summed E-state index contributed by atoms with van der Waals surface area (Å²) in [6.45, 7) is 4.10. The van der Waals surface area contributed by atoms with Crippen LogP contribution in [-0.4, -0.2) is 35.0 Å². The minimum Gasteiger partial charge on any atom is -0.460 e. The summed E-state index contributed by atoms with van der Waals surface area (Å²) in [6, 6.07) is 0. The monoisotopic (exact) mass is 230 g/mol. The molecule has 1 fully saturated rings. The first-order valence-electron chi connectivity index (χ1n) is 6.07. The van der Waals surface area contributed by atoms with E-state index >= 15 is 0 Å². The topological polar surface area (TPSA) is 66.8 Å². The second kappa shape index (κ2) is 6.21. The van der Waals surface area contributed by atoms with Crippen LogP contribution >= 0.6 is 0 Å². The molecule has 4 atom stereocenters. The van der Waals surface area contributed by atoms with Crippen molar-refractivity contribution in [3.05, 3.63) is 0 Å². The van der Waals surface area contributed by atoms with Crippen molar-refractivity contribution in [3.63, 3.8) is 0 Å². The molecule has 0 aromatic heterocycles. The van der Waals surface area contributed by atoms with Crippen LogP contribution in [0.1, 0.15) is 39.5 Å². The summed E-state index contributed by atoms with van der Waals surface area (Å²) in [5, 5.41) is 18.8. The maximum absolute atomic E-state index is 11.4. The van der Waals surface area contributed by atoms with Gasteiger partial charge in [-0.05, 0) is 18.8 Å². The molecular formula is C12H22O4. The summed E-state index contributed by atoms with van der Waals surface area (Å²) in [4.78, 5) is 11.4. The first kappa shape index (κ1) is 13.5. The van der Waals surface area contributed by atoms with Crippen LogP contribution in [0.25, 0.3) is 0 Å². The normalized spacial score (nSPS) is 28.9. The molecule has 4 heteroatoms. The molecule has 2 N–H and O–H groups in total. The highest BCUT2D eigenvalue weighted by atomic mass is 16.6. The van der Waals surface area contributed by atoms with Crippen LogP contribution in [0.5, 0.6) is 0 Å². The van der Waals surface area contributed by atoms with E-state index in [2.05, 4.69) is 13.8 Å². The lowest BCUT2D eigenvalue weighted by Gasteiger charge is -2.16. The van der Waals surface area contributed by atoms with Crippen molar-refractivity contribution in [1.82, 2.24) is 0 Å². The second-order valence-electron chi connectivity index (χ2n) is 4.74.